The van der Waals surface area contributed by atoms with Gasteiger partial charge in [0.2, 0.25) is 0 Å². The first-order chi connectivity index (χ1) is 6.65. The molecule has 74 valence electrons. The molecule has 5 nitrogen and oxygen atoms in total. The zero-order valence-corrected chi connectivity index (χ0v) is 7.50. The summed E-state index contributed by atoms with van der Waals surface area (Å²) in [7, 11) is 0. The van der Waals surface area contributed by atoms with Gasteiger partial charge in [-0.05, 0) is 6.42 Å². The van der Waals surface area contributed by atoms with Crippen molar-refractivity contribution in [2.45, 2.75) is 12.5 Å². The lowest BCUT2D eigenvalue weighted by molar-refractivity contribution is -0.138. The zero-order valence-electron chi connectivity index (χ0n) is 7.50. The highest BCUT2D eigenvalue weighted by Crippen LogP contribution is 2.13. The van der Waals surface area contributed by atoms with Crippen LogP contribution in [0.5, 0.6) is 0 Å². The third-order valence-electron chi connectivity index (χ3n) is 2.04. The van der Waals surface area contributed by atoms with Crippen LogP contribution in [0.15, 0.2) is 24.3 Å². The number of nitrogens with zero attached hydrogens (tertiary/aromatic N) is 2. The van der Waals surface area contributed by atoms with Gasteiger partial charge in [0.1, 0.15) is 6.04 Å². The summed E-state index contributed by atoms with van der Waals surface area (Å²) in [5.74, 6) is -1.28. The van der Waals surface area contributed by atoms with E-state index in [2.05, 4.69) is 4.79 Å². The Morgan fingerprint density at radius 1 is 1.71 bits per heavy atom. The maximum atomic E-state index is 10.5. The van der Waals surface area contributed by atoms with Gasteiger partial charge in [-0.3, -0.25) is 4.79 Å². The molecule has 0 aliphatic heterocycles. The maximum absolute atomic E-state index is 10.5. The van der Waals surface area contributed by atoms with Gasteiger partial charge >= 0.3 is 5.97 Å². The van der Waals surface area contributed by atoms with E-state index in [0.717, 1.165) is 0 Å². The fourth-order valence-electron chi connectivity index (χ4n) is 1.26. The second-order valence-corrected chi connectivity index (χ2v) is 3.06. The molecule has 0 bridgehead atoms. The van der Waals surface area contributed by atoms with E-state index in [-0.39, 0.29) is 12.3 Å². The highest BCUT2D eigenvalue weighted by Gasteiger charge is 2.25. The van der Waals surface area contributed by atoms with Crippen molar-refractivity contribution in [2.24, 2.45) is 11.7 Å². The van der Waals surface area contributed by atoms with Crippen molar-refractivity contribution in [1.29, 1.82) is 0 Å². The third-order valence-corrected chi connectivity index (χ3v) is 2.04. The molecule has 0 heterocycles. The Bertz CT molecular complexity index is 340. The minimum Gasteiger partial charge on any atom is -0.480 e. The molecule has 0 saturated carbocycles. The summed E-state index contributed by atoms with van der Waals surface area (Å²) in [6, 6.07) is -0.937. The molecule has 0 aromatic rings. The van der Waals surface area contributed by atoms with Crippen LogP contribution in [0.2, 0.25) is 0 Å². The van der Waals surface area contributed by atoms with Gasteiger partial charge in [0, 0.05) is 6.08 Å². The summed E-state index contributed by atoms with van der Waals surface area (Å²) in [5, 5.41) is 8.60. The molecule has 0 fully saturated rings. The summed E-state index contributed by atoms with van der Waals surface area (Å²) >= 11 is 0. The smallest absolute Gasteiger partial charge is 0.320 e. The Balaban J connectivity index is 2.69. The van der Waals surface area contributed by atoms with Crippen molar-refractivity contribution in [3.8, 4) is 0 Å². The molecule has 1 rings (SSSR count). The molecule has 0 aromatic carbocycles. The minimum atomic E-state index is -1.05. The van der Waals surface area contributed by atoms with Crippen molar-refractivity contribution < 1.29 is 14.7 Å². The zero-order chi connectivity index (χ0) is 10.6. The lowest BCUT2D eigenvalue weighted by Crippen LogP contribution is -2.34. The van der Waals surface area contributed by atoms with Gasteiger partial charge in [0.15, 0.2) is 0 Å². The average molecular weight is 193 g/mol. The molecule has 0 aromatic heterocycles. The van der Waals surface area contributed by atoms with E-state index >= 15 is 0 Å². The number of aliphatic carboxylic acids is 1. The third kappa shape index (κ3) is 2.39. The van der Waals surface area contributed by atoms with E-state index in [9.17, 15) is 4.79 Å². The first-order valence-electron chi connectivity index (χ1n) is 4.20. The van der Waals surface area contributed by atoms with Gasteiger partial charge in [-0.2, -0.15) is 4.79 Å². The van der Waals surface area contributed by atoms with Crippen LogP contribution in [0.4, 0.5) is 0 Å². The Labute approximate surface area is 81.2 Å². The van der Waals surface area contributed by atoms with Crippen molar-refractivity contribution >= 4 is 11.7 Å². The largest absolute Gasteiger partial charge is 0.480 e. The van der Waals surface area contributed by atoms with Crippen LogP contribution < -0.4 is 5.73 Å². The van der Waals surface area contributed by atoms with Crippen LogP contribution in [-0.4, -0.2) is 27.6 Å². The van der Waals surface area contributed by atoms with E-state index in [4.69, 9.17) is 16.4 Å². The SMILES string of the molecule is [N-]=[N+]=C1C=CC=CC1C[C@H](N)C(=O)O. The summed E-state index contributed by atoms with van der Waals surface area (Å²) in [6.45, 7) is 0. The van der Waals surface area contributed by atoms with Crippen LogP contribution in [0.1, 0.15) is 6.42 Å². The minimum absolute atomic E-state index is 0.226. The molecule has 0 radical (unpaired) electrons. The molecule has 5 heteroatoms. The lowest BCUT2D eigenvalue weighted by atomic mass is 9.92. The Kier molecular flexibility index (Phi) is 3.34. The van der Waals surface area contributed by atoms with Crippen LogP contribution >= 0.6 is 0 Å². The average Bonchev–Trinajstić information content (AvgIpc) is 2.18. The van der Waals surface area contributed by atoms with E-state index in [1.165, 1.54) is 0 Å². The van der Waals surface area contributed by atoms with E-state index in [0.29, 0.717) is 5.71 Å². The van der Waals surface area contributed by atoms with Gasteiger partial charge < -0.3 is 16.4 Å². The normalized spacial score (nSPS) is 21.8. The quantitative estimate of drug-likeness (QED) is 0.494. The first kappa shape index (κ1) is 10.4. The molecule has 1 aliphatic carbocycles. The summed E-state index contributed by atoms with van der Waals surface area (Å²) in [6.07, 6.45) is 7.11. The van der Waals surface area contributed by atoms with E-state index in [1.807, 2.05) is 0 Å². The molecular formula is C9H11N3O2. The topological polar surface area (TPSA) is 99.7 Å². The summed E-state index contributed by atoms with van der Waals surface area (Å²) in [4.78, 5) is 13.6. The van der Waals surface area contributed by atoms with Crippen LogP contribution in [-0.2, 0) is 4.79 Å². The highest BCUT2D eigenvalue weighted by atomic mass is 16.4. The molecule has 1 unspecified atom stereocenters. The first-order valence-corrected chi connectivity index (χ1v) is 4.20. The van der Waals surface area contributed by atoms with Crippen molar-refractivity contribution in [3.63, 3.8) is 0 Å². The molecule has 2 atom stereocenters. The van der Waals surface area contributed by atoms with Crippen molar-refractivity contribution in [3.05, 3.63) is 29.8 Å². The summed E-state index contributed by atoms with van der Waals surface area (Å²) < 4.78 is 0. The van der Waals surface area contributed by atoms with Gasteiger partial charge in [0.25, 0.3) is 5.71 Å². The predicted molar refractivity (Wildman–Crippen MR) is 50.6 cm³/mol. The second-order valence-electron chi connectivity index (χ2n) is 3.06. The number of carboxylic acids is 1. The molecule has 0 spiro atoms. The molecule has 14 heavy (non-hydrogen) atoms. The highest BCUT2D eigenvalue weighted by molar-refractivity contribution is 5.95. The Morgan fingerprint density at radius 3 is 3.00 bits per heavy atom. The van der Waals surface area contributed by atoms with Crippen LogP contribution in [0.3, 0.4) is 0 Å². The summed E-state index contributed by atoms with van der Waals surface area (Å²) in [5.41, 5.74) is 14.4. The standard InChI is InChI=1S/C9H11N3O2/c10-7(9(13)14)5-6-3-1-2-4-8(6)12-11/h1-4,6-7H,5,10H2,(H,13,14)/t6?,7-/m0/s1. The molecule has 0 amide bonds. The lowest BCUT2D eigenvalue weighted by Gasteiger charge is -2.11. The van der Waals surface area contributed by atoms with E-state index in [1.54, 1.807) is 24.3 Å². The second kappa shape index (κ2) is 4.50. The monoisotopic (exact) mass is 193 g/mol. The van der Waals surface area contributed by atoms with Gasteiger partial charge in [0.05, 0.1) is 5.92 Å². The number of rotatable bonds is 3. The molecular weight excluding hydrogens is 182 g/mol. The fourth-order valence-corrected chi connectivity index (χ4v) is 1.26. The number of allylic oxidation sites excluding steroid dienone is 4. The number of nitrogens with two attached hydrogens (primary N) is 1. The molecule has 0 saturated heterocycles. The van der Waals surface area contributed by atoms with Crippen molar-refractivity contribution in [1.82, 2.24) is 0 Å². The van der Waals surface area contributed by atoms with Crippen LogP contribution in [0.25, 0.3) is 5.53 Å². The van der Waals surface area contributed by atoms with E-state index < -0.39 is 12.0 Å². The Morgan fingerprint density at radius 2 is 2.43 bits per heavy atom. The number of carbonyl (C=O) groups is 1. The fraction of sp³-hybridized carbons (Fsp3) is 0.333. The van der Waals surface area contributed by atoms with Gasteiger partial charge in [-0.25, -0.2) is 0 Å². The molecule has 3 N–H and O–H groups in total. The number of hydrogen-bond donors (Lipinski definition) is 2. The molecule has 1 aliphatic rings. The predicted octanol–water partition coefficient (Wildman–Crippen LogP) is 0.201. The number of carboxylic acid groups (broad SMARTS) is 1. The Hall–Kier alpha value is -1.71. The van der Waals surface area contributed by atoms with Crippen molar-refractivity contribution in [2.75, 3.05) is 0 Å². The van der Waals surface area contributed by atoms with Gasteiger partial charge in [-0.15, -0.1) is 0 Å². The maximum Gasteiger partial charge on any atom is 0.320 e. The number of hydrogen-bond acceptors (Lipinski definition) is 2. The van der Waals surface area contributed by atoms with Gasteiger partial charge in [-0.1, -0.05) is 18.2 Å². The van der Waals surface area contributed by atoms with Crippen LogP contribution in [0, 0.1) is 5.92 Å².